The second-order valence-electron chi connectivity index (χ2n) is 6.91. The molecule has 1 aromatic rings. The average Bonchev–Trinajstić information content (AvgIpc) is 2.99. The Kier molecular flexibility index (Phi) is 9.22. The number of methoxy groups -OCH3 is 2. The highest BCUT2D eigenvalue weighted by Crippen LogP contribution is 2.42. The maximum Gasteiger partial charge on any atom is 0.274 e. The van der Waals surface area contributed by atoms with Crippen LogP contribution in [0.15, 0.2) is 0 Å². The molecule has 0 amide bonds. The number of alkyl halides is 2. The highest BCUT2D eigenvalue weighted by molar-refractivity contribution is 5.38. The van der Waals surface area contributed by atoms with Crippen molar-refractivity contribution in [2.24, 2.45) is 0 Å². The molecule has 4 nitrogen and oxygen atoms in total. The summed E-state index contributed by atoms with van der Waals surface area (Å²) in [4.78, 5) is 0. The Labute approximate surface area is 150 Å². The molecule has 146 valence electrons. The first kappa shape index (κ1) is 21.7. The van der Waals surface area contributed by atoms with Gasteiger partial charge in [0.15, 0.2) is 0 Å². The summed E-state index contributed by atoms with van der Waals surface area (Å²) in [6.45, 7) is 6.41. The van der Waals surface area contributed by atoms with Crippen LogP contribution < -0.4 is 9.47 Å². The third-order valence-corrected chi connectivity index (χ3v) is 4.85. The molecule has 0 fully saturated rings. The average molecular weight is 360 g/mol. The van der Waals surface area contributed by atoms with Crippen LogP contribution in [0.3, 0.4) is 0 Å². The Morgan fingerprint density at radius 2 is 1.56 bits per heavy atom. The molecule has 0 saturated carbocycles. The molecule has 0 aliphatic carbocycles. The summed E-state index contributed by atoms with van der Waals surface area (Å²) in [7, 11) is 2.78. The van der Waals surface area contributed by atoms with Crippen LogP contribution in [-0.2, 0) is 5.54 Å². The second-order valence-corrected chi connectivity index (χ2v) is 6.91. The summed E-state index contributed by atoms with van der Waals surface area (Å²) in [5.41, 5.74) is -0.604. The summed E-state index contributed by atoms with van der Waals surface area (Å²) in [5.74, 6) is 0.0829. The predicted molar refractivity (Wildman–Crippen MR) is 96.8 cm³/mol. The first-order chi connectivity index (χ1) is 11.9. The fourth-order valence-corrected chi connectivity index (χ4v) is 3.30. The lowest BCUT2D eigenvalue weighted by Crippen LogP contribution is -2.32. The van der Waals surface area contributed by atoms with E-state index in [1.807, 2.05) is 0 Å². The van der Waals surface area contributed by atoms with Crippen molar-refractivity contribution in [3.63, 3.8) is 0 Å². The minimum Gasteiger partial charge on any atom is -0.481 e. The molecule has 1 aromatic heterocycles. The summed E-state index contributed by atoms with van der Waals surface area (Å²) in [6.07, 6.45) is 7.00. The number of unbranched alkanes of at least 4 members (excludes halogenated alkanes) is 5. The lowest BCUT2D eigenvalue weighted by Gasteiger charge is -2.31. The number of ether oxygens (including phenoxy) is 2. The summed E-state index contributed by atoms with van der Waals surface area (Å²) in [5, 5.41) is 4.35. The Morgan fingerprint density at radius 3 is 2.08 bits per heavy atom. The molecular weight excluding hydrogens is 326 g/mol. The molecule has 1 unspecified atom stereocenters. The zero-order chi connectivity index (χ0) is 18.9. The minimum atomic E-state index is -2.68. The van der Waals surface area contributed by atoms with E-state index in [1.165, 1.54) is 33.5 Å². The maximum atomic E-state index is 13.5. The SMILES string of the molecule is CCCCCCCC(C)(CCCC)n1nc(OC)c(C(F)F)c1OC. The van der Waals surface area contributed by atoms with Gasteiger partial charge in [0.2, 0.25) is 11.8 Å². The molecule has 0 aliphatic rings. The van der Waals surface area contributed by atoms with E-state index in [9.17, 15) is 8.78 Å². The van der Waals surface area contributed by atoms with Crippen LogP contribution in [0.25, 0.3) is 0 Å². The molecule has 0 aliphatic heterocycles. The van der Waals surface area contributed by atoms with Gasteiger partial charge in [-0.1, -0.05) is 58.8 Å². The number of rotatable bonds is 13. The van der Waals surface area contributed by atoms with Crippen LogP contribution in [0.5, 0.6) is 11.8 Å². The van der Waals surface area contributed by atoms with Crippen LogP contribution in [0, 0.1) is 0 Å². The third-order valence-electron chi connectivity index (χ3n) is 4.85. The Balaban J connectivity index is 3.12. The van der Waals surface area contributed by atoms with Gasteiger partial charge in [-0.25, -0.2) is 13.5 Å². The topological polar surface area (TPSA) is 36.3 Å². The van der Waals surface area contributed by atoms with Gasteiger partial charge >= 0.3 is 0 Å². The van der Waals surface area contributed by atoms with Crippen molar-refractivity contribution in [2.75, 3.05) is 14.2 Å². The summed E-state index contributed by atoms with van der Waals surface area (Å²) in [6, 6.07) is 0. The van der Waals surface area contributed by atoms with Crippen molar-refractivity contribution in [3.8, 4) is 11.8 Å². The van der Waals surface area contributed by atoms with Crippen molar-refractivity contribution >= 4 is 0 Å². The second kappa shape index (κ2) is 10.6. The predicted octanol–water partition coefficient (Wildman–Crippen LogP) is 6.10. The van der Waals surface area contributed by atoms with Crippen LogP contribution >= 0.6 is 0 Å². The minimum absolute atomic E-state index is 0.0412. The van der Waals surface area contributed by atoms with Gasteiger partial charge in [-0.2, -0.15) is 0 Å². The quantitative estimate of drug-likeness (QED) is 0.399. The smallest absolute Gasteiger partial charge is 0.274 e. The summed E-state index contributed by atoms with van der Waals surface area (Å²) >= 11 is 0. The van der Waals surface area contributed by atoms with Gasteiger partial charge in [0.05, 0.1) is 19.8 Å². The molecular formula is C19H34F2N2O2. The highest BCUT2D eigenvalue weighted by atomic mass is 19.3. The normalized spacial score (nSPS) is 13.9. The van der Waals surface area contributed by atoms with Crippen LogP contribution in [-0.4, -0.2) is 24.0 Å². The highest BCUT2D eigenvalue weighted by Gasteiger charge is 2.35. The molecule has 1 rings (SSSR count). The van der Waals surface area contributed by atoms with Gasteiger partial charge in [0, 0.05) is 0 Å². The van der Waals surface area contributed by atoms with Crippen LogP contribution in [0.4, 0.5) is 8.78 Å². The Bertz CT molecular complexity index is 506. The molecule has 0 saturated heterocycles. The first-order valence-electron chi connectivity index (χ1n) is 9.44. The molecule has 1 atom stereocenters. The van der Waals surface area contributed by atoms with Gasteiger partial charge in [-0.05, 0) is 19.8 Å². The van der Waals surface area contributed by atoms with E-state index in [4.69, 9.17) is 9.47 Å². The largest absolute Gasteiger partial charge is 0.481 e. The number of aromatic nitrogens is 2. The molecule has 6 heteroatoms. The molecule has 0 bridgehead atoms. The maximum absolute atomic E-state index is 13.5. The monoisotopic (exact) mass is 360 g/mol. The number of hydrogen-bond donors (Lipinski definition) is 0. The van der Waals surface area contributed by atoms with E-state index in [1.54, 1.807) is 4.68 Å². The standard InChI is InChI=1S/C19H34F2N2O2/c1-6-8-10-11-12-14-19(3,13-9-7-2)23-18(25-5)15(16(20)21)17(22-23)24-4/h16H,6-14H2,1-5H3. The van der Waals surface area contributed by atoms with Gasteiger partial charge in [0.1, 0.15) is 5.56 Å². The lowest BCUT2D eigenvalue weighted by atomic mass is 9.88. The number of halogens is 2. The Hall–Kier alpha value is -1.33. The first-order valence-corrected chi connectivity index (χ1v) is 9.44. The van der Waals surface area contributed by atoms with Crippen molar-refractivity contribution in [1.82, 2.24) is 9.78 Å². The van der Waals surface area contributed by atoms with Gasteiger partial charge < -0.3 is 9.47 Å². The van der Waals surface area contributed by atoms with Gasteiger partial charge in [0.25, 0.3) is 6.43 Å². The van der Waals surface area contributed by atoms with Gasteiger partial charge in [-0.3, -0.25) is 0 Å². The van der Waals surface area contributed by atoms with E-state index >= 15 is 0 Å². The van der Waals surface area contributed by atoms with Crippen molar-refractivity contribution < 1.29 is 18.3 Å². The number of nitrogens with zero attached hydrogens (tertiary/aromatic N) is 2. The van der Waals surface area contributed by atoms with Crippen molar-refractivity contribution in [2.45, 2.75) is 90.5 Å². The zero-order valence-electron chi connectivity index (χ0n) is 16.4. The van der Waals surface area contributed by atoms with Crippen molar-refractivity contribution in [1.29, 1.82) is 0 Å². The molecule has 0 radical (unpaired) electrons. The summed E-state index contributed by atoms with van der Waals surface area (Å²) < 4.78 is 39.1. The third kappa shape index (κ3) is 5.58. The molecule has 0 N–H and O–H groups in total. The molecule has 0 aromatic carbocycles. The molecule has 25 heavy (non-hydrogen) atoms. The fraction of sp³-hybridized carbons (Fsp3) is 0.842. The Morgan fingerprint density at radius 1 is 0.960 bits per heavy atom. The number of hydrogen-bond acceptors (Lipinski definition) is 3. The van der Waals surface area contributed by atoms with E-state index in [0.717, 1.165) is 38.5 Å². The fourth-order valence-electron chi connectivity index (χ4n) is 3.30. The van der Waals surface area contributed by atoms with Crippen LogP contribution in [0.1, 0.15) is 90.5 Å². The molecule has 0 spiro atoms. The van der Waals surface area contributed by atoms with Crippen LogP contribution in [0.2, 0.25) is 0 Å². The van der Waals surface area contributed by atoms with E-state index in [-0.39, 0.29) is 22.9 Å². The van der Waals surface area contributed by atoms with Crippen molar-refractivity contribution in [3.05, 3.63) is 5.56 Å². The molecule has 1 heterocycles. The van der Waals surface area contributed by atoms with E-state index in [2.05, 4.69) is 25.9 Å². The lowest BCUT2D eigenvalue weighted by molar-refractivity contribution is 0.140. The van der Waals surface area contributed by atoms with E-state index in [0.29, 0.717) is 0 Å². The zero-order valence-corrected chi connectivity index (χ0v) is 16.4. The van der Waals surface area contributed by atoms with Gasteiger partial charge in [-0.15, -0.1) is 5.10 Å². The van der Waals surface area contributed by atoms with E-state index < -0.39 is 6.43 Å².